The molecule has 5 heteroatoms. The topological polar surface area (TPSA) is 81.4 Å². The van der Waals surface area contributed by atoms with Crippen LogP contribution in [0.4, 0.5) is 5.69 Å². The van der Waals surface area contributed by atoms with Gasteiger partial charge in [0.25, 0.3) is 0 Å². The smallest absolute Gasteiger partial charge is 0.330 e. The summed E-state index contributed by atoms with van der Waals surface area (Å²) in [5, 5.41) is 2.84. The Morgan fingerprint density at radius 3 is 2.52 bits per heavy atom. The maximum absolute atomic E-state index is 11.7. The summed E-state index contributed by atoms with van der Waals surface area (Å²) in [5.74, 6) is -0.394. The second kappa shape index (κ2) is 9.72. The lowest BCUT2D eigenvalue weighted by atomic mass is 10.1. The van der Waals surface area contributed by atoms with Gasteiger partial charge in [-0.1, -0.05) is 18.6 Å². The zero-order valence-corrected chi connectivity index (χ0v) is 12.3. The average molecular weight is 290 g/mol. The Bertz CT molecular complexity index is 481. The van der Waals surface area contributed by atoms with Gasteiger partial charge >= 0.3 is 5.97 Å². The normalized spacial score (nSPS) is 10.6. The Hall–Kier alpha value is -2.14. The minimum Gasteiger partial charge on any atom is -0.466 e. The first-order chi connectivity index (χ1) is 10.2. The highest BCUT2D eigenvalue weighted by Crippen LogP contribution is 2.12. The standard InChI is InChI=1S/C16H22N2O3/c1-21-16(20)11-8-13-6-9-14(10-7-13)18-15(19)5-3-2-4-12-17/h6-11H,2-5,12,17H2,1H3,(H,18,19)/b11-8+. The molecular formula is C16H22N2O3. The van der Waals surface area contributed by atoms with Gasteiger partial charge in [-0.2, -0.15) is 0 Å². The molecule has 0 saturated carbocycles. The van der Waals surface area contributed by atoms with Crippen molar-refractivity contribution in [1.82, 2.24) is 0 Å². The summed E-state index contributed by atoms with van der Waals surface area (Å²) < 4.78 is 4.51. The molecule has 0 aliphatic carbocycles. The predicted octanol–water partition coefficient (Wildman–Crippen LogP) is 2.33. The summed E-state index contributed by atoms with van der Waals surface area (Å²) in [4.78, 5) is 22.7. The van der Waals surface area contributed by atoms with Gasteiger partial charge in [0.2, 0.25) is 5.91 Å². The molecule has 114 valence electrons. The van der Waals surface area contributed by atoms with E-state index < -0.39 is 5.97 Å². The number of carbonyl (C=O) groups excluding carboxylic acids is 2. The number of benzene rings is 1. The van der Waals surface area contributed by atoms with Crippen molar-refractivity contribution < 1.29 is 14.3 Å². The summed E-state index contributed by atoms with van der Waals surface area (Å²) >= 11 is 0. The first-order valence-corrected chi connectivity index (χ1v) is 7.01. The van der Waals surface area contributed by atoms with Crippen molar-refractivity contribution in [3.8, 4) is 0 Å². The van der Waals surface area contributed by atoms with E-state index in [1.54, 1.807) is 18.2 Å². The lowest BCUT2D eigenvalue weighted by Gasteiger charge is -2.05. The molecule has 0 saturated heterocycles. The van der Waals surface area contributed by atoms with Gasteiger partial charge in [-0.25, -0.2) is 4.79 Å². The van der Waals surface area contributed by atoms with E-state index in [-0.39, 0.29) is 5.91 Å². The largest absolute Gasteiger partial charge is 0.466 e. The van der Waals surface area contributed by atoms with Gasteiger partial charge in [0.15, 0.2) is 0 Å². The zero-order valence-electron chi connectivity index (χ0n) is 12.3. The Balaban J connectivity index is 2.41. The highest BCUT2D eigenvalue weighted by Gasteiger charge is 2.02. The predicted molar refractivity (Wildman–Crippen MR) is 83.6 cm³/mol. The molecule has 0 atom stereocenters. The number of carbonyl (C=O) groups is 2. The Morgan fingerprint density at radius 2 is 1.90 bits per heavy atom. The van der Waals surface area contributed by atoms with Crippen molar-refractivity contribution in [1.29, 1.82) is 0 Å². The third kappa shape index (κ3) is 7.27. The van der Waals surface area contributed by atoms with Crippen LogP contribution in [0.3, 0.4) is 0 Å². The number of hydrogen-bond acceptors (Lipinski definition) is 4. The maximum Gasteiger partial charge on any atom is 0.330 e. The molecule has 0 bridgehead atoms. The summed E-state index contributed by atoms with van der Waals surface area (Å²) in [6, 6.07) is 7.25. The van der Waals surface area contributed by atoms with E-state index in [9.17, 15) is 9.59 Å². The van der Waals surface area contributed by atoms with Gasteiger partial charge in [0.05, 0.1) is 7.11 Å². The lowest BCUT2D eigenvalue weighted by molar-refractivity contribution is -0.134. The van der Waals surface area contributed by atoms with Crippen LogP contribution >= 0.6 is 0 Å². The molecule has 0 heterocycles. The molecule has 0 radical (unpaired) electrons. The molecule has 1 amide bonds. The number of unbranched alkanes of at least 4 members (excludes halogenated alkanes) is 2. The van der Waals surface area contributed by atoms with E-state index in [4.69, 9.17) is 5.73 Å². The molecule has 1 rings (SSSR count). The number of amides is 1. The number of hydrogen-bond donors (Lipinski definition) is 2. The number of nitrogens with two attached hydrogens (primary N) is 1. The molecule has 21 heavy (non-hydrogen) atoms. The molecule has 1 aromatic rings. The van der Waals surface area contributed by atoms with Crippen LogP contribution in [0.15, 0.2) is 30.3 Å². The second-order valence-corrected chi connectivity index (χ2v) is 4.63. The van der Waals surface area contributed by atoms with Crippen LogP contribution < -0.4 is 11.1 Å². The average Bonchev–Trinajstić information content (AvgIpc) is 2.50. The Labute approximate surface area is 125 Å². The fourth-order valence-corrected chi connectivity index (χ4v) is 1.74. The first-order valence-electron chi connectivity index (χ1n) is 7.01. The lowest BCUT2D eigenvalue weighted by Crippen LogP contribution is -2.11. The van der Waals surface area contributed by atoms with Crippen molar-refractivity contribution in [3.05, 3.63) is 35.9 Å². The van der Waals surface area contributed by atoms with E-state index in [1.165, 1.54) is 13.2 Å². The van der Waals surface area contributed by atoms with Gasteiger partial charge < -0.3 is 15.8 Å². The van der Waals surface area contributed by atoms with Crippen LogP contribution in [0.5, 0.6) is 0 Å². The van der Waals surface area contributed by atoms with E-state index in [2.05, 4.69) is 10.1 Å². The van der Waals surface area contributed by atoms with Crippen LogP contribution in [0.25, 0.3) is 6.08 Å². The number of rotatable bonds is 8. The Kier molecular flexibility index (Phi) is 7.82. The molecule has 0 unspecified atom stereocenters. The van der Waals surface area contributed by atoms with Crippen LogP contribution in [0.1, 0.15) is 31.2 Å². The first kappa shape index (κ1) is 16.9. The molecule has 0 aliphatic heterocycles. The molecule has 3 N–H and O–H groups in total. The number of esters is 1. The van der Waals surface area contributed by atoms with Gasteiger partial charge in [-0.15, -0.1) is 0 Å². The fraction of sp³-hybridized carbons (Fsp3) is 0.375. The number of methoxy groups -OCH3 is 1. The van der Waals surface area contributed by atoms with E-state index in [1.807, 2.05) is 12.1 Å². The van der Waals surface area contributed by atoms with Crippen LogP contribution in [-0.4, -0.2) is 25.5 Å². The molecule has 0 fully saturated rings. The Morgan fingerprint density at radius 1 is 1.19 bits per heavy atom. The molecule has 5 nitrogen and oxygen atoms in total. The summed E-state index contributed by atoms with van der Waals surface area (Å²) in [7, 11) is 1.33. The minimum atomic E-state index is -0.398. The van der Waals surface area contributed by atoms with Crippen LogP contribution in [0, 0.1) is 0 Å². The summed E-state index contributed by atoms with van der Waals surface area (Å²) in [6.45, 7) is 0.669. The van der Waals surface area contributed by atoms with Crippen molar-refractivity contribution in [3.63, 3.8) is 0 Å². The van der Waals surface area contributed by atoms with Gasteiger partial charge in [0.1, 0.15) is 0 Å². The molecule has 1 aromatic carbocycles. The number of nitrogens with one attached hydrogen (secondary N) is 1. The summed E-state index contributed by atoms with van der Waals surface area (Å²) in [5.41, 5.74) is 7.01. The third-order valence-electron chi connectivity index (χ3n) is 2.92. The summed E-state index contributed by atoms with van der Waals surface area (Å²) in [6.07, 6.45) is 6.29. The van der Waals surface area contributed by atoms with Gasteiger partial charge in [0, 0.05) is 18.2 Å². The van der Waals surface area contributed by atoms with Crippen molar-refractivity contribution in [2.45, 2.75) is 25.7 Å². The quantitative estimate of drug-likeness (QED) is 0.437. The fourth-order valence-electron chi connectivity index (χ4n) is 1.74. The minimum absolute atomic E-state index is 0.00451. The molecule has 0 aromatic heterocycles. The maximum atomic E-state index is 11.7. The van der Waals surface area contributed by atoms with E-state index in [0.29, 0.717) is 13.0 Å². The van der Waals surface area contributed by atoms with Crippen molar-refractivity contribution in [2.24, 2.45) is 5.73 Å². The number of anilines is 1. The SMILES string of the molecule is COC(=O)/C=C/c1ccc(NC(=O)CCCCCN)cc1. The van der Waals surface area contributed by atoms with Crippen molar-refractivity contribution >= 4 is 23.6 Å². The monoisotopic (exact) mass is 290 g/mol. The second-order valence-electron chi connectivity index (χ2n) is 4.63. The molecule has 0 spiro atoms. The molecule has 0 aliphatic rings. The van der Waals surface area contributed by atoms with Crippen molar-refractivity contribution in [2.75, 3.05) is 19.0 Å². The highest BCUT2D eigenvalue weighted by atomic mass is 16.5. The third-order valence-corrected chi connectivity index (χ3v) is 2.92. The van der Waals surface area contributed by atoms with Gasteiger partial charge in [-0.3, -0.25) is 4.79 Å². The van der Waals surface area contributed by atoms with Crippen LogP contribution in [0.2, 0.25) is 0 Å². The zero-order chi connectivity index (χ0) is 15.5. The van der Waals surface area contributed by atoms with E-state index in [0.717, 1.165) is 30.5 Å². The molecular weight excluding hydrogens is 268 g/mol. The van der Waals surface area contributed by atoms with Crippen LogP contribution in [-0.2, 0) is 14.3 Å². The van der Waals surface area contributed by atoms with E-state index >= 15 is 0 Å². The number of ether oxygens (including phenoxy) is 1. The highest BCUT2D eigenvalue weighted by molar-refractivity contribution is 5.91. The van der Waals surface area contributed by atoms with Gasteiger partial charge in [-0.05, 0) is 43.2 Å².